The first kappa shape index (κ1) is 18.6. The molecule has 4 rings (SSSR count). The van der Waals surface area contributed by atoms with Crippen LogP contribution in [0.4, 0.5) is 0 Å². The number of rotatable bonds is 3. The predicted molar refractivity (Wildman–Crippen MR) is 111 cm³/mol. The van der Waals surface area contributed by atoms with Gasteiger partial charge in [-0.15, -0.1) is 11.3 Å². The Hall–Kier alpha value is -1.72. The van der Waals surface area contributed by atoms with Crippen LogP contribution in [-0.4, -0.2) is 52.9 Å². The van der Waals surface area contributed by atoms with Gasteiger partial charge in [-0.3, -0.25) is 9.69 Å². The molecule has 0 spiro atoms. The molecule has 1 aromatic heterocycles. The number of hydrogen-bond donors (Lipinski definition) is 0. The highest BCUT2D eigenvalue weighted by molar-refractivity contribution is 7.17. The number of aromatic nitrogens is 1. The first-order valence-corrected chi connectivity index (χ1v) is 10.9. The van der Waals surface area contributed by atoms with Gasteiger partial charge in [0.2, 0.25) is 0 Å². The van der Waals surface area contributed by atoms with Crippen LogP contribution in [0.5, 0.6) is 0 Å². The molecule has 144 valence electrons. The molecule has 2 fully saturated rings. The van der Waals surface area contributed by atoms with E-state index in [2.05, 4.69) is 36.9 Å². The average molecular weight is 384 g/mol. The van der Waals surface area contributed by atoms with Crippen LogP contribution in [0.15, 0.2) is 18.2 Å². The Bertz CT molecular complexity index is 810. The molecule has 1 saturated heterocycles. The SMILES string of the molecule is Cc1cccc(C)c1-c1nc(C)c(C(=O)N2CCN(C3CCCC3)CC2)s1. The summed E-state index contributed by atoms with van der Waals surface area (Å²) in [5, 5.41) is 0.969. The Morgan fingerprint density at radius 3 is 2.30 bits per heavy atom. The second-order valence-electron chi connectivity index (χ2n) is 7.97. The fraction of sp³-hybridized carbons (Fsp3) is 0.545. The van der Waals surface area contributed by atoms with E-state index in [9.17, 15) is 4.79 Å². The van der Waals surface area contributed by atoms with Gasteiger partial charge in [-0.2, -0.15) is 0 Å². The van der Waals surface area contributed by atoms with Crippen molar-refractivity contribution in [3.05, 3.63) is 39.9 Å². The van der Waals surface area contributed by atoms with Gasteiger partial charge in [-0.05, 0) is 44.7 Å². The first-order chi connectivity index (χ1) is 13.0. The lowest BCUT2D eigenvalue weighted by atomic mass is 10.0. The van der Waals surface area contributed by atoms with Crippen molar-refractivity contribution in [3.63, 3.8) is 0 Å². The molecule has 0 bridgehead atoms. The predicted octanol–water partition coefficient (Wildman–Crippen LogP) is 4.44. The van der Waals surface area contributed by atoms with E-state index in [1.807, 2.05) is 11.8 Å². The van der Waals surface area contributed by atoms with Crippen molar-refractivity contribution >= 4 is 17.2 Å². The van der Waals surface area contributed by atoms with E-state index in [4.69, 9.17) is 4.98 Å². The van der Waals surface area contributed by atoms with Crippen molar-refractivity contribution in [1.82, 2.24) is 14.8 Å². The molecule has 1 amide bonds. The fourth-order valence-electron chi connectivity index (χ4n) is 4.56. The number of carbonyl (C=O) groups is 1. The summed E-state index contributed by atoms with van der Waals surface area (Å²) in [6.45, 7) is 9.90. The van der Waals surface area contributed by atoms with Crippen molar-refractivity contribution in [3.8, 4) is 10.6 Å². The molecule has 1 aliphatic heterocycles. The van der Waals surface area contributed by atoms with Crippen LogP contribution in [0.2, 0.25) is 0 Å². The molecule has 4 nitrogen and oxygen atoms in total. The number of aryl methyl sites for hydroxylation is 3. The maximum absolute atomic E-state index is 13.1. The normalized spacial score (nSPS) is 19.0. The summed E-state index contributed by atoms with van der Waals surface area (Å²) < 4.78 is 0. The molecule has 0 unspecified atom stereocenters. The lowest BCUT2D eigenvalue weighted by Gasteiger charge is -2.37. The molecule has 27 heavy (non-hydrogen) atoms. The molecular weight excluding hydrogens is 354 g/mol. The number of thiazole rings is 1. The molecule has 1 saturated carbocycles. The fourth-order valence-corrected chi connectivity index (χ4v) is 5.77. The molecule has 1 aromatic carbocycles. The maximum Gasteiger partial charge on any atom is 0.265 e. The van der Waals surface area contributed by atoms with Gasteiger partial charge in [0, 0.05) is 37.8 Å². The van der Waals surface area contributed by atoms with Crippen molar-refractivity contribution in [1.29, 1.82) is 0 Å². The summed E-state index contributed by atoms with van der Waals surface area (Å²) in [6.07, 6.45) is 5.40. The summed E-state index contributed by atoms with van der Waals surface area (Å²) in [5.74, 6) is 0.161. The highest BCUT2D eigenvalue weighted by Crippen LogP contribution is 2.33. The topological polar surface area (TPSA) is 36.4 Å². The zero-order valence-electron chi connectivity index (χ0n) is 16.6. The van der Waals surface area contributed by atoms with Crippen molar-refractivity contribution in [2.75, 3.05) is 26.2 Å². The first-order valence-electron chi connectivity index (χ1n) is 10.1. The quantitative estimate of drug-likeness (QED) is 0.786. The molecule has 2 aliphatic rings. The van der Waals surface area contributed by atoms with E-state index in [1.165, 1.54) is 42.4 Å². The van der Waals surface area contributed by atoms with Gasteiger partial charge in [0.05, 0.1) is 5.69 Å². The van der Waals surface area contributed by atoms with Crippen LogP contribution < -0.4 is 0 Å². The number of carbonyl (C=O) groups excluding carboxylic acids is 1. The Balaban J connectivity index is 1.49. The lowest BCUT2D eigenvalue weighted by Crippen LogP contribution is -2.51. The second kappa shape index (κ2) is 7.72. The molecule has 0 N–H and O–H groups in total. The van der Waals surface area contributed by atoms with Crippen molar-refractivity contribution in [2.24, 2.45) is 0 Å². The Morgan fingerprint density at radius 1 is 1.04 bits per heavy atom. The standard InChI is InChI=1S/C22H29N3OS/c1-15-7-6-8-16(2)19(15)21-23-17(3)20(27-21)22(26)25-13-11-24(12-14-25)18-9-4-5-10-18/h6-8,18H,4-5,9-14H2,1-3H3. The Kier molecular flexibility index (Phi) is 5.33. The van der Waals surface area contributed by atoms with Gasteiger partial charge < -0.3 is 4.90 Å². The zero-order chi connectivity index (χ0) is 19.0. The van der Waals surface area contributed by atoms with E-state index in [0.29, 0.717) is 0 Å². The van der Waals surface area contributed by atoms with Gasteiger partial charge in [0.1, 0.15) is 9.88 Å². The van der Waals surface area contributed by atoms with E-state index >= 15 is 0 Å². The van der Waals surface area contributed by atoms with Crippen LogP contribution in [-0.2, 0) is 0 Å². The number of piperazine rings is 1. The summed E-state index contributed by atoms with van der Waals surface area (Å²) in [6, 6.07) is 7.05. The highest BCUT2D eigenvalue weighted by atomic mass is 32.1. The summed E-state index contributed by atoms with van der Waals surface area (Å²) in [4.78, 5) is 23.3. The van der Waals surface area contributed by atoms with Crippen molar-refractivity contribution in [2.45, 2.75) is 52.5 Å². The molecular formula is C22H29N3OS. The molecule has 0 atom stereocenters. The van der Waals surface area contributed by atoms with Gasteiger partial charge >= 0.3 is 0 Å². The minimum Gasteiger partial charge on any atom is -0.335 e. The largest absolute Gasteiger partial charge is 0.335 e. The molecule has 2 aromatic rings. The maximum atomic E-state index is 13.1. The zero-order valence-corrected chi connectivity index (χ0v) is 17.4. The second-order valence-corrected chi connectivity index (χ2v) is 8.97. The van der Waals surface area contributed by atoms with Crippen LogP contribution in [0.3, 0.4) is 0 Å². The molecule has 0 radical (unpaired) electrons. The van der Waals surface area contributed by atoms with E-state index in [-0.39, 0.29) is 5.91 Å². The van der Waals surface area contributed by atoms with Crippen LogP contribution in [0.25, 0.3) is 10.6 Å². The smallest absolute Gasteiger partial charge is 0.265 e. The van der Waals surface area contributed by atoms with Gasteiger partial charge in [-0.25, -0.2) is 4.98 Å². The average Bonchev–Trinajstić information content (AvgIpc) is 3.31. The van der Waals surface area contributed by atoms with Gasteiger partial charge in [0.15, 0.2) is 0 Å². The van der Waals surface area contributed by atoms with E-state index in [1.54, 1.807) is 11.3 Å². The third-order valence-corrected chi connectivity index (χ3v) is 7.29. The highest BCUT2D eigenvalue weighted by Gasteiger charge is 2.30. The van der Waals surface area contributed by atoms with E-state index in [0.717, 1.165) is 47.8 Å². The van der Waals surface area contributed by atoms with Gasteiger partial charge in [-0.1, -0.05) is 31.0 Å². The molecule has 5 heteroatoms. The lowest BCUT2D eigenvalue weighted by molar-refractivity contribution is 0.0577. The number of amides is 1. The minimum absolute atomic E-state index is 0.161. The van der Waals surface area contributed by atoms with Crippen LogP contribution in [0, 0.1) is 20.8 Å². The Labute approximate surface area is 166 Å². The number of hydrogen-bond acceptors (Lipinski definition) is 4. The summed E-state index contributed by atoms with van der Waals surface area (Å²) in [7, 11) is 0. The minimum atomic E-state index is 0.161. The van der Waals surface area contributed by atoms with Crippen LogP contribution in [0.1, 0.15) is 52.2 Å². The number of nitrogens with zero attached hydrogens (tertiary/aromatic N) is 3. The summed E-state index contributed by atoms with van der Waals surface area (Å²) in [5.41, 5.74) is 4.47. The third kappa shape index (κ3) is 3.67. The molecule has 1 aliphatic carbocycles. The number of benzene rings is 1. The third-order valence-electron chi connectivity index (χ3n) is 6.13. The van der Waals surface area contributed by atoms with Crippen molar-refractivity contribution < 1.29 is 4.79 Å². The molecule has 2 heterocycles. The monoisotopic (exact) mass is 383 g/mol. The van der Waals surface area contributed by atoms with Crippen LogP contribution >= 0.6 is 11.3 Å². The summed E-state index contributed by atoms with van der Waals surface area (Å²) >= 11 is 1.55. The van der Waals surface area contributed by atoms with E-state index < -0.39 is 0 Å². The van der Waals surface area contributed by atoms with Gasteiger partial charge in [0.25, 0.3) is 5.91 Å². The Morgan fingerprint density at radius 2 is 1.67 bits per heavy atom.